The van der Waals surface area contributed by atoms with Gasteiger partial charge in [-0.3, -0.25) is 0 Å². The average molecular weight is 307 g/mol. The van der Waals surface area contributed by atoms with E-state index < -0.39 is 10.0 Å². The molecule has 1 atom stereocenters. The zero-order valence-corrected chi connectivity index (χ0v) is 12.4. The Hall–Kier alpha value is -0.820. The van der Waals surface area contributed by atoms with Gasteiger partial charge in [-0.25, -0.2) is 13.1 Å². The number of benzene rings is 1. The molecule has 5 nitrogen and oxygen atoms in total. The molecule has 0 bridgehead atoms. The Morgan fingerprint density at radius 1 is 1.37 bits per heavy atom. The molecule has 1 aliphatic rings. The first kappa shape index (κ1) is 16.2. The second-order valence-electron chi connectivity index (χ2n) is 4.39. The van der Waals surface area contributed by atoms with Crippen molar-refractivity contribution in [2.45, 2.75) is 11.3 Å². The normalized spacial score (nSPS) is 18.9. The third-order valence-corrected chi connectivity index (χ3v) is 4.53. The lowest BCUT2D eigenvalue weighted by Crippen LogP contribution is -2.30. The van der Waals surface area contributed by atoms with Crippen LogP contribution in [0.5, 0.6) is 5.75 Å². The minimum atomic E-state index is -3.41. The first-order valence-electron chi connectivity index (χ1n) is 5.96. The molecule has 0 amide bonds. The van der Waals surface area contributed by atoms with Gasteiger partial charge in [0.15, 0.2) is 0 Å². The van der Waals surface area contributed by atoms with E-state index in [-0.39, 0.29) is 17.3 Å². The van der Waals surface area contributed by atoms with E-state index >= 15 is 0 Å². The van der Waals surface area contributed by atoms with E-state index in [4.69, 9.17) is 4.74 Å². The molecule has 1 aliphatic heterocycles. The molecule has 19 heavy (non-hydrogen) atoms. The van der Waals surface area contributed by atoms with Crippen molar-refractivity contribution in [2.75, 3.05) is 26.7 Å². The van der Waals surface area contributed by atoms with E-state index in [9.17, 15) is 8.42 Å². The van der Waals surface area contributed by atoms with E-state index in [2.05, 4.69) is 10.0 Å². The van der Waals surface area contributed by atoms with Crippen molar-refractivity contribution in [1.29, 1.82) is 0 Å². The van der Waals surface area contributed by atoms with E-state index in [1.54, 1.807) is 31.4 Å². The minimum Gasteiger partial charge on any atom is -0.497 e. The number of methoxy groups -OCH3 is 1. The summed E-state index contributed by atoms with van der Waals surface area (Å²) in [6.45, 7) is 2.33. The van der Waals surface area contributed by atoms with Gasteiger partial charge in [-0.15, -0.1) is 12.4 Å². The van der Waals surface area contributed by atoms with Gasteiger partial charge < -0.3 is 10.1 Å². The van der Waals surface area contributed by atoms with Crippen molar-refractivity contribution in [3.8, 4) is 5.75 Å². The molecule has 2 rings (SSSR count). The Morgan fingerprint density at radius 3 is 2.58 bits per heavy atom. The second-order valence-corrected chi connectivity index (χ2v) is 6.15. The van der Waals surface area contributed by atoms with Crippen molar-refractivity contribution < 1.29 is 13.2 Å². The quantitative estimate of drug-likeness (QED) is 0.852. The predicted molar refractivity (Wildman–Crippen MR) is 76.4 cm³/mol. The fourth-order valence-electron chi connectivity index (χ4n) is 1.95. The molecule has 1 fully saturated rings. The fraction of sp³-hybridized carbons (Fsp3) is 0.500. The maximum absolute atomic E-state index is 12.0. The molecule has 2 N–H and O–H groups in total. The molecule has 1 heterocycles. The Labute approximate surface area is 120 Å². The van der Waals surface area contributed by atoms with Crippen molar-refractivity contribution in [2.24, 2.45) is 5.92 Å². The number of ether oxygens (including phenoxy) is 1. The molecule has 1 aromatic carbocycles. The summed E-state index contributed by atoms with van der Waals surface area (Å²) < 4.78 is 31.7. The first-order chi connectivity index (χ1) is 8.62. The monoisotopic (exact) mass is 306 g/mol. The van der Waals surface area contributed by atoms with Crippen LogP contribution < -0.4 is 14.8 Å². The highest BCUT2D eigenvalue weighted by atomic mass is 35.5. The van der Waals surface area contributed by atoms with Gasteiger partial charge in [0.2, 0.25) is 10.0 Å². The summed E-state index contributed by atoms with van der Waals surface area (Å²) in [5.74, 6) is 1.03. The van der Waals surface area contributed by atoms with Gasteiger partial charge in [-0.1, -0.05) is 0 Å². The van der Waals surface area contributed by atoms with Crippen molar-refractivity contribution >= 4 is 22.4 Å². The van der Waals surface area contributed by atoms with Crippen LogP contribution in [0.25, 0.3) is 0 Å². The van der Waals surface area contributed by atoms with Gasteiger partial charge in [0.05, 0.1) is 12.0 Å². The third-order valence-electron chi connectivity index (χ3n) is 3.09. The van der Waals surface area contributed by atoms with E-state index in [1.165, 1.54) is 0 Å². The third kappa shape index (κ3) is 4.35. The molecule has 1 unspecified atom stereocenters. The second kappa shape index (κ2) is 7.09. The molecule has 108 valence electrons. The Morgan fingerprint density at radius 2 is 2.05 bits per heavy atom. The van der Waals surface area contributed by atoms with Gasteiger partial charge in [0, 0.05) is 6.54 Å². The highest BCUT2D eigenvalue weighted by molar-refractivity contribution is 7.89. The summed E-state index contributed by atoms with van der Waals surface area (Å²) in [5.41, 5.74) is 0. The standard InChI is InChI=1S/C12H18N2O3S.ClH/c1-17-11-2-4-12(5-3-11)18(15,16)14-9-10-6-7-13-8-10;/h2-5,10,13-14H,6-9H2,1H3;1H. The van der Waals surface area contributed by atoms with E-state index in [1.807, 2.05) is 0 Å². The Balaban J connectivity index is 0.00000180. The van der Waals surface area contributed by atoms with Crippen molar-refractivity contribution in [3.63, 3.8) is 0 Å². The molecule has 0 aromatic heterocycles. The van der Waals surface area contributed by atoms with Crippen LogP contribution in [0.4, 0.5) is 0 Å². The Bertz CT molecular complexity index is 484. The molecule has 0 saturated carbocycles. The number of nitrogens with one attached hydrogen (secondary N) is 2. The zero-order chi connectivity index (χ0) is 13.0. The SMILES string of the molecule is COc1ccc(S(=O)(=O)NCC2CCNC2)cc1.Cl. The van der Waals surface area contributed by atoms with E-state index in [0.717, 1.165) is 19.5 Å². The molecule has 0 spiro atoms. The highest BCUT2D eigenvalue weighted by Crippen LogP contribution is 2.16. The van der Waals surface area contributed by atoms with Gasteiger partial charge in [0.25, 0.3) is 0 Å². The molecule has 7 heteroatoms. The smallest absolute Gasteiger partial charge is 0.240 e. The van der Waals surface area contributed by atoms with Crippen molar-refractivity contribution in [3.05, 3.63) is 24.3 Å². The number of hydrogen-bond acceptors (Lipinski definition) is 4. The van der Waals surface area contributed by atoms with Crippen LogP contribution in [0, 0.1) is 5.92 Å². The minimum absolute atomic E-state index is 0. The van der Waals surface area contributed by atoms with Gasteiger partial charge in [-0.05, 0) is 49.7 Å². The summed E-state index contributed by atoms with van der Waals surface area (Å²) in [5, 5.41) is 3.21. The first-order valence-corrected chi connectivity index (χ1v) is 7.44. The summed E-state index contributed by atoms with van der Waals surface area (Å²) in [6.07, 6.45) is 1.02. The molecule has 1 saturated heterocycles. The molecule has 1 aromatic rings. The number of hydrogen-bond donors (Lipinski definition) is 2. The number of halogens is 1. The molecule has 0 radical (unpaired) electrons. The Kier molecular flexibility index (Phi) is 6.06. The largest absolute Gasteiger partial charge is 0.497 e. The van der Waals surface area contributed by atoms with Gasteiger partial charge >= 0.3 is 0 Å². The maximum Gasteiger partial charge on any atom is 0.240 e. The van der Waals surface area contributed by atoms with Crippen LogP contribution in [0.15, 0.2) is 29.2 Å². The zero-order valence-electron chi connectivity index (χ0n) is 10.8. The summed E-state index contributed by atoms with van der Waals surface area (Å²) in [6, 6.07) is 6.39. The fourth-order valence-corrected chi connectivity index (χ4v) is 3.07. The summed E-state index contributed by atoms with van der Waals surface area (Å²) in [4.78, 5) is 0.272. The maximum atomic E-state index is 12.0. The number of rotatable bonds is 5. The average Bonchev–Trinajstić information content (AvgIpc) is 2.90. The van der Waals surface area contributed by atoms with Gasteiger partial charge in [-0.2, -0.15) is 0 Å². The van der Waals surface area contributed by atoms with Gasteiger partial charge in [0.1, 0.15) is 5.75 Å². The molecular formula is C12H19ClN2O3S. The van der Waals surface area contributed by atoms with Crippen LogP contribution in [0.1, 0.15) is 6.42 Å². The van der Waals surface area contributed by atoms with Crippen molar-refractivity contribution in [1.82, 2.24) is 10.0 Å². The number of sulfonamides is 1. The molecular weight excluding hydrogens is 288 g/mol. The lowest BCUT2D eigenvalue weighted by atomic mass is 10.1. The summed E-state index contributed by atoms with van der Waals surface area (Å²) >= 11 is 0. The van der Waals surface area contributed by atoms with Crippen LogP contribution in [0.2, 0.25) is 0 Å². The molecule has 0 aliphatic carbocycles. The van der Waals surface area contributed by atoms with E-state index in [0.29, 0.717) is 18.2 Å². The lowest BCUT2D eigenvalue weighted by molar-refractivity contribution is 0.414. The topological polar surface area (TPSA) is 67.4 Å². The lowest BCUT2D eigenvalue weighted by Gasteiger charge is -2.11. The van der Waals surface area contributed by atoms with Crippen LogP contribution in [0.3, 0.4) is 0 Å². The van der Waals surface area contributed by atoms with Crippen LogP contribution in [-0.2, 0) is 10.0 Å². The van der Waals surface area contributed by atoms with Crippen LogP contribution in [-0.4, -0.2) is 35.2 Å². The predicted octanol–water partition coefficient (Wildman–Crippen LogP) is 1.00. The summed E-state index contributed by atoms with van der Waals surface area (Å²) in [7, 11) is -1.86. The highest BCUT2D eigenvalue weighted by Gasteiger charge is 2.19. The van der Waals surface area contributed by atoms with Crippen LogP contribution >= 0.6 is 12.4 Å².